The van der Waals surface area contributed by atoms with E-state index in [2.05, 4.69) is 31.7 Å². The summed E-state index contributed by atoms with van der Waals surface area (Å²) >= 11 is 0. The van der Waals surface area contributed by atoms with Gasteiger partial charge in [0.15, 0.2) is 0 Å². The van der Waals surface area contributed by atoms with Gasteiger partial charge in [-0.05, 0) is 53.9 Å². The molecule has 3 N–H and O–H groups in total. The van der Waals surface area contributed by atoms with E-state index >= 15 is 0 Å². The molecule has 0 spiro atoms. The number of phenolic OH excluding ortho intramolecular Hbond substituents is 1. The monoisotopic (exact) mass is 397 g/mol. The highest BCUT2D eigenvalue weighted by Gasteiger charge is 2.04. The number of benzene rings is 2. The Morgan fingerprint density at radius 3 is 2.57 bits per heavy atom. The molecule has 0 bridgehead atoms. The first-order valence-corrected chi connectivity index (χ1v) is 9.84. The molecule has 0 aliphatic heterocycles. The van der Waals surface area contributed by atoms with Gasteiger partial charge in [0.1, 0.15) is 5.75 Å². The van der Waals surface area contributed by atoms with E-state index < -0.39 is 0 Å². The van der Waals surface area contributed by atoms with Gasteiger partial charge in [0.2, 0.25) is 5.95 Å². The molecule has 30 heavy (non-hydrogen) atoms. The van der Waals surface area contributed by atoms with Crippen LogP contribution < -0.4 is 10.6 Å². The van der Waals surface area contributed by atoms with Crippen molar-refractivity contribution in [1.29, 1.82) is 0 Å². The third-order valence-electron chi connectivity index (χ3n) is 4.67. The molecular weight excluding hydrogens is 374 g/mol. The topological polar surface area (TPSA) is 83.0 Å². The minimum Gasteiger partial charge on any atom is -0.508 e. The molecule has 0 unspecified atom stereocenters. The highest BCUT2D eigenvalue weighted by Crippen LogP contribution is 2.22. The zero-order valence-electron chi connectivity index (χ0n) is 16.5. The van der Waals surface area contributed by atoms with Crippen LogP contribution in [0, 0.1) is 0 Å². The van der Waals surface area contributed by atoms with Crippen LogP contribution in [0.15, 0.2) is 85.3 Å². The number of aromatic nitrogens is 3. The van der Waals surface area contributed by atoms with Crippen LogP contribution in [-0.4, -0.2) is 26.6 Å². The van der Waals surface area contributed by atoms with Crippen LogP contribution >= 0.6 is 0 Å². The SMILES string of the molecule is Oc1ccc(CCNc2nccc(-c3cccc(NCc4cccnc4)c3)n2)cc1. The lowest BCUT2D eigenvalue weighted by atomic mass is 10.1. The van der Waals surface area contributed by atoms with Crippen LogP contribution in [0.5, 0.6) is 5.75 Å². The van der Waals surface area contributed by atoms with Gasteiger partial charge in [-0.15, -0.1) is 0 Å². The molecule has 2 aromatic heterocycles. The van der Waals surface area contributed by atoms with Crippen LogP contribution in [-0.2, 0) is 13.0 Å². The predicted molar refractivity (Wildman–Crippen MR) is 119 cm³/mol. The second-order valence-electron chi connectivity index (χ2n) is 6.90. The number of phenols is 1. The van der Waals surface area contributed by atoms with Crippen LogP contribution in [0.4, 0.5) is 11.6 Å². The van der Waals surface area contributed by atoms with Gasteiger partial charge in [0.05, 0.1) is 5.69 Å². The molecule has 0 atom stereocenters. The number of rotatable bonds is 8. The molecule has 0 aliphatic carbocycles. The summed E-state index contributed by atoms with van der Waals surface area (Å²) in [5.41, 5.74) is 5.18. The van der Waals surface area contributed by atoms with E-state index in [9.17, 15) is 5.11 Å². The Bertz CT molecular complexity index is 1080. The van der Waals surface area contributed by atoms with Crippen molar-refractivity contribution in [1.82, 2.24) is 15.0 Å². The van der Waals surface area contributed by atoms with E-state index in [1.807, 2.05) is 54.7 Å². The fraction of sp³-hybridized carbons (Fsp3) is 0.125. The van der Waals surface area contributed by atoms with E-state index in [1.54, 1.807) is 24.5 Å². The Kier molecular flexibility index (Phi) is 6.15. The molecule has 0 fully saturated rings. The van der Waals surface area contributed by atoms with Crippen molar-refractivity contribution in [3.8, 4) is 17.0 Å². The van der Waals surface area contributed by atoms with E-state index in [1.165, 1.54) is 0 Å². The molecule has 6 nitrogen and oxygen atoms in total. The minimum absolute atomic E-state index is 0.278. The Morgan fingerprint density at radius 1 is 0.833 bits per heavy atom. The van der Waals surface area contributed by atoms with Gasteiger partial charge in [0.25, 0.3) is 0 Å². The normalized spacial score (nSPS) is 10.5. The van der Waals surface area contributed by atoms with Crippen molar-refractivity contribution in [2.24, 2.45) is 0 Å². The Balaban J connectivity index is 1.38. The van der Waals surface area contributed by atoms with Crippen molar-refractivity contribution >= 4 is 11.6 Å². The fourth-order valence-electron chi connectivity index (χ4n) is 3.08. The third-order valence-corrected chi connectivity index (χ3v) is 4.67. The first-order chi connectivity index (χ1) is 14.8. The summed E-state index contributed by atoms with van der Waals surface area (Å²) < 4.78 is 0. The number of nitrogens with one attached hydrogen (secondary N) is 2. The number of anilines is 2. The molecule has 2 aromatic carbocycles. The van der Waals surface area contributed by atoms with Gasteiger partial charge in [-0.3, -0.25) is 4.98 Å². The quantitative estimate of drug-likeness (QED) is 0.406. The highest BCUT2D eigenvalue weighted by atomic mass is 16.3. The van der Waals surface area contributed by atoms with Crippen molar-refractivity contribution in [3.63, 3.8) is 0 Å². The molecule has 0 saturated carbocycles. The first kappa shape index (κ1) is 19.4. The van der Waals surface area contributed by atoms with E-state index in [4.69, 9.17) is 0 Å². The molecule has 6 heteroatoms. The number of hydrogen-bond donors (Lipinski definition) is 3. The predicted octanol–water partition coefficient (Wildman–Crippen LogP) is 4.51. The lowest BCUT2D eigenvalue weighted by Gasteiger charge is -2.10. The Labute approximate surface area is 175 Å². The summed E-state index contributed by atoms with van der Waals surface area (Å²) in [5.74, 6) is 0.875. The smallest absolute Gasteiger partial charge is 0.223 e. The summed E-state index contributed by atoms with van der Waals surface area (Å²) in [6.45, 7) is 1.42. The molecule has 4 aromatic rings. The minimum atomic E-state index is 0.278. The van der Waals surface area contributed by atoms with Gasteiger partial charge in [-0.1, -0.05) is 30.3 Å². The van der Waals surface area contributed by atoms with Crippen molar-refractivity contribution < 1.29 is 5.11 Å². The molecule has 150 valence electrons. The lowest BCUT2D eigenvalue weighted by Crippen LogP contribution is -2.08. The van der Waals surface area contributed by atoms with Gasteiger partial charge >= 0.3 is 0 Å². The van der Waals surface area contributed by atoms with Crippen molar-refractivity contribution in [2.45, 2.75) is 13.0 Å². The second-order valence-corrected chi connectivity index (χ2v) is 6.90. The average Bonchev–Trinajstić information content (AvgIpc) is 2.80. The van der Waals surface area contributed by atoms with E-state index in [0.29, 0.717) is 19.0 Å². The number of hydrogen-bond acceptors (Lipinski definition) is 6. The summed E-state index contributed by atoms with van der Waals surface area (Å²) in [5, 5.41) is 16.1. The first-order valence-electron chi connectivity index (χ1n) is 9.84. The lowest BCUT2D eigenvalue weighted by molar-refractivity contribution is 0.475. The van der Waals surface area contributed by atoms with Gasteiger partial charge < -0.3 is 15.7 Å². The molecule has 4 rings (SSSR count). The Hall–Kier alpha value is -3.93. The largest absolute Gasteiger partial charge is 0.508 e. The summed E-state index contributed by atoms with van der Waals surface area (Å²) in [6.07, 6.45) is 6.22. The average molecular weight is 397 g/mol. The van der Waals surface area contributed by atoms with E-state index in [0.717, 1.165) is 34.5 Å². The number of pyridine rings is 1. The zero-order valence-corrected chi connectivity index (χ0v) is 16.5. The maximum absolute atomic E-state index is 9.37. The van der Waals surface area contributed by atoms with Gasteiger partial charge in [-0.25, -0.2) is 9.97 Å². The number of nitrogens with zero attached hydrogens (tertiary/aromatic N) is 3. The summed E-state index contributed by atoms with van der Waals surface area (Å²) in [6, 6.07) is 21.3. The van der Waals surface area contributed by atoms with Gasteiger partial charge in [0, 0.05) is 42.9 Å². The number of aromatic hydroxyl groups is 1. The molecule has 0 aliphatic rings. The van der Waals surface area contributed by atoms with Crippen molar-refractivity contribution in [2.75, 3.05) is 17.2 Å². The van der Waals surface area contributed by atoms with Crippen LogP contribution in [0.25, 0.3) is 11.3 Å². The summed E-state index contributed by atoms with van der Waals surface area (Å²) in [7, 11) is 0. The molecule has 0 radical (unpaired) electrons. The molecular formula is C24H23N5O. The highest BCUT2D eigenvalue weighted by molar-refractivity contribution is 5.65. The maximum Gasteiger partial charge on any atom is 0.223 e. The summed E-state index contributed by atoms with van der Waals surface area (Å²) in [4.78, 5) is 13.1. The van der Waals surface area contributed by atoms with Crippen LogP contribution in [0.2, 0.25) is 0 Å². The van der Waals surface area contributed by atoms with Crippen LogP contribution in [0.3, 0.4) is 0 Å². The third kappa shape index (κ3) is 5.32. The zero-order chi connectivity index (χ0) is 20.6. The second kappa shape index (κ2) is 9.52. The molecule has 0 saturated heterocycles. The van der Waals surface area contributed by atoms with Crippen molar-refractivity contribution in [3.05, 3.63) is 96.4 Å². The van der Waals surface area contributed by atoms with Crippen LogP contribution in [0.1, 0.15) is 11.1 Å². The Morgan fingerprint density at radius 2 is 1.73 bits per heavy atom. The fourth-order valence-corrected chi connectivity index (χ4v) is 3.08. The maximum atomic E-state index is 9.37. The molecule has 0 amide bonds. The molecule has 2 heterocycles. The van der Waals surface area contributed by atoms with Gasteiger partial charge in [-0.2, -0.15) is 0 Å². The standard InChI is InChI=1S/C24H23N5O/c30-22-8-6-18(7-9-22)10-13-26-24-27-14-11-23(29-24)20-4-1-5-21(15-20)28-17-19-3-2-12-25-16-19/h1-9,11-12,14-16,28,30H,10,13,17H2,(H,26,27,29). The van der Waals surface area contributed by atoms with E-state index in [-0.39, 0.29) is 5.75 Å².